The molecule has 1 unspecified atom stereocenters. The van der Waals surface area contributed by atoms with Crippen molar-refractivity contribution in [3.8, 4) is 11.5 Å². The van der Waals surface area contributed by atoms with E-state index in [0.717, 1.165) is 0 Å². The molecule has 1 atom stereocenters. The molecule has 0 spiro atoms. The highest BCUT2D eigenvalue weighted by atomic mass is 16.6. The number of amides is 1. The van der Waals surface area contributed by atoms with Crippen molar-refractivity contribution < 1.29 is 28.9 Å². The molecule has 0 bridgehead atoms. The van der Waals surface area contributed by atoms with Crippen molar-refractivity contribution in [2.75, 3.05) is 20.8 Å². The first-order valence-corrected chi connectivity index (χ1v) is 7.09. The molecule has 0 heterocycles. The highest BCUT2D eigenvalue weighted by Gasteiger charge is 2.24. The molecule has 23 heavy (non-hydrogen) atoms. The summed E-state index contributed by atoms with van der Waals surface area (Å²) in [5, 5.41) is 11.9. The number of benzene rings is 1. The zero-order valence-corrected chi connectivity index (χ0v) is 14.0. The van der Waals surface area contributed by atoms with Gasteiger partial charge in [-0.2, -0.15) is 0 Å². The lowest BCUT2D eigenvalue weighted by Crippen LogP contribution is -2.36. The molecule has 0 saturated carbocycles. The molecule has 7 nitrogen and oxygen atoms in total. The lowest BCUT2D eigenvalue weighted by Gasteiger charge is -2.21. The Bertz CT molecular complexity index is 564. The van der Waals surface area contributed by atoms with Gasteiger partial charge in [-0.05, 0) is 38.5 Å². The van der Waals surface area contributed by atoms with Gasteiger partial charge < -0.3 is 24.6 Å². The van der Waals surface area contributed by atoms with Gasteiger partial charge in [0.2, 0.25) is 0 Å². The first kappa shape index (κ1) is 18.6. The summed E-state index contributed by atoms with van der Waals surface area (Å²) in [6.07, 6.45) is -0.663. The van der Waals surface area contributed by atoms with Crippen molar-refractivity contribution in [1.82, 2.24) is 5.32 Å². The van der Waals surface area contributed by atoms with Crippen molar-refractivity contribution >= 4 is 12.1 Å². The number of methoxy groups -OCH3 is 2. The molecule has 7 heteroatoms. The molecule has 1 aromatic rings. The second-order valence-electron chi connectivity index (χ2n) is 5.89. The molecule has 1 rings (SSSR count). The van der Waals surface area contributed by atoms with E-state index in [-0.39, 0.29) is 6.54 Å². The Balaban J connectivity index is 2.87. The van der Waals surface area contributed by atoms with Gasteiger partial charge >= 0.3 is 12.1 Å². The van der Waals surface area contributed by atoms with Gasteiger partial charge in [0, 0.05) is 6.54 Å². The topological polar surface area (TPSA) is 94.1 Å². The Hall–Kier alpha value is -2.44. The second-order valence-corrected chi connectivity index (χ2v) is 5.89. The quantitative estimate of drug-likeness (QED) is 0.834. The summed E-state index contributed by atoms with van der Waals surface area (Å²) in [7, 11) is 2.96. The number of hydrogen-bond donors (Lipinski definition) is 2. The lowest BCUT2D eigenvalue weighted by atomic mass is 9.98. The van der Waals surface area contributed by atoms with Crippen molar-refractivity contribution in [3.05, 3.63) is 23.8 Å². The van der Waals surface area contributed by atoms with E-state index in [1.165, 1.54) is 14.2 Å². The number of ether oxygens (including phenoxy) is 3. The van der Waals surface area contributed by atoms with Crippen LogP contribution in [0.5, 0.6) is 11.5 Å². The molecule has 1 aromatic carbocycles. The van der Waals surface area contributed by atoms with Crippen LogP contribution in [-0.4, -0.2) is 43.5 Å². The van der Waals surface area contributed by atoms with Crippen LogP contribution >= 0.6 is 0 Å². The van der Waals surface area contributed by atoms with Gasteiger partial charge in [-0.3, -0.25) is 4.79 Å². The van der Waals surface area contributed by atoms with Gasteiger partial charge in [-0.25, -0.2) is 4.79 Å². The zero-order chi connectivity index (χ0) is 17.6. The molecule has 0 fully saturated rings. The van der Waals surface area contributed by atoms with E-state index in [2.05, 4.69) is 5.32 Å². The molecule has 128 valence electrons. The maximum Gasteiger partial charge on any atom is 0.407 e. The number of carbonyl (C=O) groups excluding carboxylic acids is 1. The number of hydrogen-bond acceptors (Lipinski definition) is 5. The van der Waals surface area contributed by atoms with Crippen LogP contribution in [0.3, 0.4) is 0 Å². The minimum absolute atomic E-state index is 0.0975. The Labute approximate surface area is 135 Å². The molecular formula is C16H23NO6. The predicted molar refractivity (Wildman–Crippen MR) is 84.2 cm³/mol. The van der Waals surface area contributed by atoms with E-state index < -0.39 is 23.6 Å². The standard InChI is InChI=1S/C16H23NO6/c1-16(2,3)23-15(20)17-9-11(14(18)19)10-6-7-12(21-4)13(8-10)22-5/h6-8,11H,9H2,1-5H3,(H,17,20)(H,18,19). The minimum Gasteiger partial charge on any atom is -0.493 e. The van der Waals surface area contributed by atoms with Crippen LogP contribution in [0, 0.1) is 0 Å². The average molecular weight is 325 g/mol. The van der Waals surface area contributed by atoms with Crippen molar-refractivity contribution in [3.63, 3.8) is 0 Å². The third-order valence-corrected chi connectivity index (χ3v) is 2.96. The van der Waals surface area contributed by atoms with Crippen LogP contribution in [0.4, 0.5) is 4.79 Å². The number of carboxylic acid groups (broad SMARTS) is 1. The lowest BCUT2D eigenvalue weighted by molar-refractivity contribution is -0.138. The first-order valence-electron chi connectivity index (χ1n) is 7.09. The molecular weight excluding hydrogens is 302 g/mol. The summed E-state index contributed by atoms with van der Waals surface area (Å²) in [6, 6.07) is 4.82. The number of alkyl carbamates (subject to hydrolysis) is 1. The number of carbonyl (C=O) groups is 2. The maximum absolute atomic E-state index is 11.7. The van der Waals surface area contributed by atoms with Crippen LogP contribution in [0.15, 0.2) is 18.2 Å². The van der Waals surface area contributed by atoms with E-state index in [4.69, 9.17) is 14.2 Å². The highest BCUT2D eigenvalue weighted by molar-refractivity contribution is 5.78. The maximum atomic E-state index is 11.7. The molecule has 0 aromatic heterocycles. The number of nitrogens with one attached hydrogen (secondary N) is 1. The van der Waals surface area contributed by atoms with Gasteiger partial charge in [0.1, 0.15) is 5.60 Å². The van der Waals surface area contributed by atoms with Crippen LogP contribution in [-0.2, 0) is 9.53 Å². The monoisotopic (exact) mass is 325 g/mol. The normalized spacial score (nSPS) is 12.2. The zero-order valence-electron chi connectivity index (χ0n) is 14.0. The third-order valence-electron chi connectivity index (χ3n) is 2.96. The molecule has 0 saturated heterocycles. The fourth-order valence-electron chi connectivity index (χ4n) is 1.92. The van der Waals surface area contributed by atoms with Crippen LogP contribution in [0.25, 0.3) is 0 Å². The number of carboxylic acids is 1. The third kappa shape index (κ3) is 5.69. The summed E-state index contributed by atoms with van der Waals surface area (Å²) < 4.78 is 15.4. The van der Waals surface area contributed by atoms with Crippen molar-refractivity contribution in [2.45, 2.75) is 32.3 Å². The fourth-order valence-corrected chi connectivity index (χ4v) is 1.92. The van der Waals surface area contributed by atoms with Gasteiger partial charge in [0.15, 0.2) is 11.5 Å². The van der Waals surface area contributed by atoms with E-state index in [9.17, 15) is 14.7 Å². The Kier molecular flexibility index (Phi) is 6.24. The first-order chi connectivity index (χ1) is 10.7. The minimum atomic E-state index is -1.06. The van der Waals surface area contributed by atoms with Gasteiger partial charge in [0.25, 0.3) is 0 Å². The number of rotatable bonds is 6. The van der Waals surface area contributed by atoms with E-state index >= 15 is 0 Å². The molecule has 2 N–H and O–H groups in total. The Morgan fingerprint density at radius 1 is 1.17 bits per heavy atom. The Morgan fingerprint density at radius 3 is 2.26 bits per heavy atom. The largest absolute Gasteiger partial charge is 0.493 e. The SMILES string of the molecule is COc1ccc(C(CNC(=O)OC(C)(C)C)C(=O)O)cc1OC. The molecule has 1 amide bonds. The van der Waals surface area contributed by atoms with E-state index in [1.54, 1.807) is 39.0 Å². The number of aliphatic carboxylic acids is 1. The van der Waals surface area contributed by atoms with E-state index in [0.29, 0.717) is 17.1 Å². The Morgan fingerprint density at radius 2 is 1.78 bits per heavy atom. The summed E-state index contributed by atoms with van der Waals surface area (Å²) >= 11 is 0. The van der Waals surface area contributed by atoms with Crippen LogP contribution in [0.1, 0.15) is 32.3 Å². The van der Waals surface area contributed by atoms with Crippen LogP contribution < -0.4 is 14.8 Å². The second kappa shape index (κ2) is 7.71. The fraction of sp³-hybridized carbons (Fsp3) is 0.500. The van der Waals surface area contributed by atoms with Gasteiger partial charge in [-0.1, -0.05) is 6.07 Å². The summed E-state index contributed by atoms with van der Waals surface area (Å²) in [5.74, 6) is -1.07. The van der Waals surface area contributed by atoms with Gasteiger partial charge in [0.05, 0.1) is 20.1 Å². The summed E-state index contributed by atoms with van der Waals surface area (Å²) in [6.45, 7) is 5.10. The molecule has 0 aliphatic carbocycles. The smallest absolute Gasteiger partial charge is 0.407 e. The van der Waals surface area contributed by atoms with Crippen molar-refractivity contribution in [2.24, 2.45) is 0 Å². The molecule has 0 aliphatic heterocycles. The van der Waals surface area contributed by atoms with Gasteiger partial charge in [-0.15, -0.1) is 0 Å². The van der Waals surface area contributed by atoms with Crippen LogP contribution in [0.2, 0.25) is 0 Å². The summed E-state index contributed by atoms with van der Waals surface area (Å²) in [5.41, 5.74) is -0.155. The van der Waals surface area contributed by atoms with E-state index in [1.807, 2.05) is 0 Å². The average Bonchev–Trinajstić information content (AvgIpc) is 2.44. The molecule has 0 radical (unpaired) electrons. The summed E-state index contributed by atoms with van der Waals surface area (Å²) in [4.78, 5) is 23.2. The van der Waals surface area contributed by atoms with Crippen molar-refractivity contribution in [1.29, 1.82) is 0 Å². The highest BCUT2D eigenvalue weighted by Crippen LogP contribution is 2.30. The molecule has 0 aliphatic rings. The predicted octanol–water partition coefficient (Wildman–Crippen LogP) is 2.40.